The third-order valence-corrected chi connectivity index (χ3v) is 3.51. The van der Waals surface area contributed by atoms with Crippen molar-refractivity contribution in [1.29, 1.82) is 0 Å². The molecule has 1 heterocycles. The first-order valence-electron chi connectivity index (χ1n) is 7.08. The Kier molecular flexibility index (Phi) is 3.39. The molecule has 1 N–H and O–H groups in total. The number of benzene rings is 1. The van der Waals surface area contributed by atoms with Gasteiger partial charge in [-0.1, -0.05) is 0 Å². The van der Waals surface area contributed by atoms with Crippen LogP contribution in [0.4, 0.5) is 10.1 Å². The second-order valence-electron chi connectivity index (χ2n) is 5.89. The molecule has 1 aliphatic heterocycles. The van der Waals surface area contributed by atoms with E-state index in [2.05, 4.69) is 5.32 Å². The molecule has 2 fully saturated rings. The number of rotatable bonds is 3. The molecule has 0 aromatic heterocycles. The average Bonchev–Trinajstić information content (AvgIpc) is 3.22. The first-order chi connectivity index (χ1) is 10.4. The van der Waals surface area contributed by atoms with E-state index in [4.69, 9.17) is 9.47 Å². The van der Waals surface area contributed by atoms with E-state index >= 15 is 0 Å². The van der Waals surface area contributed by atoms with E-state index in [1.165, 1.54) is 26.1 Å². The van der Waals surface area contributed by atoms with Crippen molar-refractivity contribution in [3.63, 3.8) is 0 Å². The van der Waals surface area contributed by atoms with Crippen molar-refractivity contribution in [1.82, 2.24) is 0 Å². The lowest BCUT2D eigenvalue weighted by Crippen LogP contribution is -2.42. The van der Waals surface area contributed by atoms with E-state index in [-0.39, 0.29) is 17.3 Å². The largest absolute Gasteiger partial charge is 0.419 e. The van der Waals surface area contributed by atoms with Crippen LogP contribution in [-0.4, -0.2) is 17.7 Å². The zero-order chi connectivity index (χ0) is 15.9. The average molecular weight is 305 g/mol. The first-order valence-corrected chi connectivity index (χ1v) is 7.08. The van der Waals surface area contributed by atoms with E-state index in [0.29, 0.717) is 11.3 Å². The molecule has 22 heavy (non-hydrogen) atoms. The lowest BCUT2D eigenvalue weighted by Gasteiger charge is -2.29. The molecular formula is C16H16FNO4. The maximum atomic E-state index is 13.7. The smallest absolute Gasteiger partial charge is 0.350 e. The minimum atomic E-state index is -1.26. The fraction of sp³-hybridized carbons (Fsp3) is 0.375. The maximum absolute atomic E-state index is 13.7. The van der Waals surface area contributed by atoms with Crippen LogP contribution >= 0.6 is 0 Å². The zero-order valence-corrected chi connectivity index (χ0v) is 12.3. The molecule has 0 bridgehead atoms. The Morgan fingerprint density at radius 1 is 1.23 bits per heavy atom. The highest BCUT2D eigenvalue weighted by Crippen LogP contribution is 2.42. The van der Waals surface area contributed by atoms with Crippen LogP contribution in [0.2, 0.25) is 0 Å². The van der Waals surface area contributed by atoms with Crippen molar-refractivity contribution in [2.75, 3.05) is 5.32 Å². The molecule has 1 aromatic rings. The van der Waals surface area contributed by atoms with Crippen LogP contribution in [-0.2, 0) is 19.1 Å². The summed E-state index contributed by atoms with van der Waals surface area (Å²) in [5.74, 6) is -2.74. The summed E-state index contributed by atoms with van der Waals surface area (Å²) >= 11 is 0. The van der Waals surface area contributed by atoms with Crippen molar-refractivity contribution in [2.24, 2.45) is 0 Å². The highest BCUT2D eigenvalue weighted by Gasteiger charge is 2.39. The minimum absolute atomic E-state index is 0.225. The second kappa shape index (κ2) is 5.12. The molecule has 3 rings (SSSR count). The molecule has 0 spiro atoms. The van der Waals surface area contributed by atoms with Crippen LogP contribution in [0.5, 0.6) is 0 Å². The standard InChI is InChI=1S/C16H16FNO4/c1-16(2)21-14(19)12(15(20)22-16)8-18-10-5-6-13(17)11(7-10)9-3-4-9/h5-9,18H,3-4H2,1-2H3. The molecule has 0 radical (unpaired) electrons. The second-order valence-corrected chi connectivity index (χ2v) is 5.89. The van der Waals surface area contributed by atoms with Gasteiger partial charge >= 0.3 is 11.9 Å². The van der Waals surface area contributed by atoms with Crippen LogP contribution in [0.3, 0.4) is 0 Å². The fourth-order valence-electron chi connectivity index (χ4n) is 2.27. The van der Waals surface area contributed by atoms with Crippen LogP contribution in [0.1, 0.15) is 38.2 Å². The van der Waals surface area contributed by atoms with Crippen LogP contribution in [0.15, 0.2) is 30.0 Å². The predicted octanol–water partition coefficient (Wildman–Crippen LogP) is 2.84. The summed E-state index contributed by atoms with van der Waals surface area (Å²) in [4.78, 5) is 23.6. The molecule has 116 valence electrons. The number of halogens is 1. The summed E-state index contributed by atoms with van der Waals surface area (Å²) in [6.45, 7) is 2.96. The molecule has 5 nitrogen and oxygen atoms in total. The van der Waals surface area contributed by atoms with Crippen molar-refractivity contribution >= 4 is 17.6 Å². The van der Waals surface area contributed by atoms with Crippen LogP contribution in [0.25, 0.3) is 0 Å². The number of nitrogens with one attached hydrogen (secondary N) is 1. The maximum Gasteiger partial charge on any atom is 0.350 e. The third-order valence-electron chi connectivity index (χ3n) is 3.51. The van der Waals surface area contributed by atoms with E-state index in [1.54, 1.807) is 12.1 Å². The summed E-state index contributed by atoms with van der Waals surface area (Å²) in [6.07, 6.45) is 3.19. The molecule has 1 saturated carbocycles. The lowest BCUT2D eigenvalue weighted by atomic mass is 10.1. The van der Waals surface area contributed by atoms with E-state index < -0.39 is 17.7 Å². The van der Waals surface area contributed by atoms with Gasteiger partial charge in [0.05, 0.1) is 0 Å². The number of carbonyl (C=O) groups excluding carboxylic acids is 2. The normalized spacial score (nSPS) is 20.2. The Labute approximate surface area is 127 Å². The van der Waals surface area contributed by atoms with Crippen molar-refractivity contribution in [3.8, 4) is 0 Å². The number of carbonyl (C=O) groups is 2. The highest BCUT2D eigenvalue weighted by molar-refractivity contribution is 6.15. The summed E-state index contributed by atoms with van der Waals surface area (Å²) in [5.41, 5.74) is 1.02. The number of cyclic esters (lactones) is 2. The zero-order valence-electron chi connectivity index (χ0n) is 12.3. The topological polar surface area (TPSA) is 64.6 Å². The minimum Gasteiger partial charge on any atom is -0.419 e. The Balaban J connectivity index is 1.78. The van der Waals surface area contributed by atoms with Gasteiger partial charge in [0.2, 0.25) is 0 Å². The molecule has 1 aliphatic carbocycles. The summed E-state index contributed by atoms with van der Waals surface area (Å²) in [7, 11) is 0. The molecule has 0 unspecified atom stereocenters. The van der Waals surface area contributed by atoms with Gasteiger partial charge in [0.15, 0.2) is 5.57 Å². The Morgan fingerprint density at radius 3 is 2.45 bits per heavy atom. The quantitative estimate of drug-likeness (QED) is 0.528. The number of hydrogen-bond acceptors (Lipinski definition) is 5. The Bertz CT molecular complexity index is 655. The van der Waals surface area contributed by atoms with E-state index in [0.717, 1.165) is 12.8 Å². The highest BCUT2D eigenvalue weighted by atomic mass is 19.1. The van der Waals surface area contributed by atoms with Crippen molar-refractivity contribution < 1.29 is 23.5 Å². The Hall–Kier alpha value is -2.37. The summed E-state index contributed by atoms with van der Waals surface area (Å²) < 4.78 is 23.6. The Morgan fingerprint density at radius 2 is 1.86 bits per heavy atom. The van der Waals surface area contributed by atoms with Gasteiger partial charge < -0.3 is 14.8 Å². The van der Waals surface area contributed by atoms with Gasteiger partial charge in [0.1, 0.15) is 5.82 Å². The first kappa shape index (κ1) is 14.6. The van der Waals surface area contributed by atoms with E-state index in [1.807, 2.05) is 0 Å². The summed E-state index contributed by atoms with van der Waals surface area (Å²) in [5, 5.41) is 2.82. The SMILES string of the molecule is CC1(C)OC(=O)C(=CNc2ccc(F)c(C3CC3)c2)C(=O)O1. The van der Waals surface area contributed by atoms with Gasteiger partial charge in [-0.3, -0.25) is 0 Å². The van der Waals surface area contributed by atoms with Gasteiger partial charge in [-0.05, 0) is 42.5 Å². The van der Waals surface area contributed by atoms with Gasteiger partial charge in [-0.25, -0.2) is 14.0 Å². The number of esters is 2. The molecule has 0 amide bonds. The van der Waals surface area contributed by atoms with Crippen molar-refractivity contribution in [2.45, 2.75) is 38.4 Å². The van der Waals surface area contributed by atoms with Gasteiger partial charge in [0, 0.05) is 25.7 Å². The monoisotopic (exact) mass is 305 g/mol. The van der Waals surface area contributed by atoms with E-state index in [9.17, 15) is 14.0 Å². The molecule has 6 heteroatoms. The molecule has 2 aliphatic rings. The van der Waals surface area contributed by atoms with Crippen molar-refractivity contribution in [3.05, 3.63) is 41.4 Å². The van der Waals surface area contributed by atoms with Gasteiger partial charge in [0.25, 0.3) is 5.79 Å². The fourth-order valence-corrected chi connectivity index (χ4v) is 2.27. The van der Waals surface area contributed by atoms with Gasteiger partial charge in [-0.15, -0.1) is 0 Å². The third kappa shape index (κ3) is 2.95. The van der Waals surface area contributed by atoms with Crippen LogP contribution in [0, 0.1) is 5.82 Å². The van der Waals surface area contributed by atoms with Gasteiger partial charge in [-0.2, -0.15) is 0 Å². The molecular weight excluding hydrogens is 289 g/mol. The molecule has 1 saturated heterocycles. The lowest BCUT2D eigenvalue weighted by molar-refractivity contribution is -0.222. The predicted molar refractivity (Wildman–Crippen MR) is 76.3 cm³/mol. The number of anilines is 1. The molecule has 1 aromatic carbocycles. The summed E-state index contributed by atoms with van der Waals surface area (Å²) in [6, 6.07) is 4.60. The number of hydrogen-bond donors (Lipinski definition) is 1. The van der Waals surface area contributed by atoms with Crippen LogP contribution < -0.4 is 5.32 Å². The molecule has 0 atom stereocenters. The number of ether oxygens (including phenoxy) is 2.